The van der Waals surface area contributed by atoms with E-state index >= 15 is 0 Å². The van der Waals surface area contributed by atoms with Gasteiger partial charge in [-0.15, -0.1) is 0 Å². The highest BCUT2D eigenvalue weighted by atomic mass is 16.7. The number of rotatable bonds is 2. The lowest BCUT2D eigenvalue weighted by molar-refractivity contribution is -0.129. The standard InChI is InChI=1S/C7H10N2O4/c1-3-5(7(11)12)9-13-6(3)8-4(2)10/h3,6H,1-2H3,(H,8,10)(H,11,12). The second-order valence-corrected chi connectivity index (χ2v) is 2.80. The molecule has 1 heterocycles. The lowest BCUT2D eigenvalue weighted by Gasteiger charge is -2.13. The number of hydrogen-bond donors (Lipinski definition) is 2. The van der Waals surface area contributed by atoms with E-state index in [-0.39, 0.29) is 11.6 Å². The number of amides is 1. The number of carboxylic acid groups (broad SMARTS) is 1. The van der Waals surface area contributed by atoms with Gasteiger partial charge < -0.3 is 15.3 Å². The topological polar surface area (TPSA) is 88.0 Å². The number of nitrogens with one attached hydrogen (secondary N) is 1. The van der Waals surface area contributed by atoms with Gasteiger partial charge in [0.05, 0.1) is 5.92 Å². The highest BCUT2D eigenvalue weighted by Crippen LogP contribution is 2.15. The molecule has 72 valence electrons. The van der Waals surface area contributed by atoms with Gasteiger partial charge in [-0.3, -0.25) is 4.79 Å². The SMILES string of the molecule is CC(=O)NC1ON=C(C(=O)O)C1C. The van der Waals surface area contributed by atoms with E-state index < -0.39 is 18.1 Å². The predicted molar refractivity (Wildman–Crippen MR) is 42.9 cm³/mol. The van der Waals surface area contributed by atoms with Crippen LogP contribution in [0.5, 0.6) is 0 Å². The quantitative estimate of drug-likeness (QED) is 0.611. The summed E-state index contributed by atoms with van der Waals surface area (Å²) in [5, 5.41) is 14.4. The van der Waals surface area contributed by atoms with Crippen molar-refractivity contribution >= 4 is 17.6 Å². The maximum atomic E-state index is 10.6. The highest BCUT2D eigenvalue weighted by molar-refractivity contribution is 6.36. The van der Waals surface area contributed by atoms with Crippen molar-refractivity contribution in [2.75, 3.05) is 0 Å². The van der Waals surface area contributed by atoms with Gasteiger partial charge in [-0.2, -0.15) is 0 Å². The molecule has 0 bridgehead atoms. The zero-order valence-electron chi connectivity index (χ0n) is 7.27. The molecule has 1 aliphatic heterocycles. The Kier molecular flexibility index (Phi) is 2.50. The molecule has 0 spiro atoms. The molecule has 2 atom stereocenters. The van der Waals surface area contributed by atoms with E-state index in [0.717, 1.165) is 0 Å². The van der Waals surface area contributed by atoms with E-state index in [1.54, 1.807) is 6.92 Å². The van der Waals surface area contributed by atoms with Crippen LogP contribution in [0.4, 0.5) is 0 Å². The number of carboxylic acids is 1. The number of carbonyl (C=O) groups excluding carboxylic acids is 1. The maximum Gasteiger partial charge on any atom is 0.354 e. The summed E-state index contributed by atoms with van der Waals surface area (Å²) in [7, 11) is 0. The summed E-state index contributed by atoms with van der Waals surface area (Å²) < 4.78 is 0. The number of aliphatic carboxylic acids is 1. The maximum absolute atomic E-state index is 10.6. The Morgan fingerprint density at radius 2 is 2.23 bits per heavy atom. The van der Waals surface area contributed by atoms with Crippen LogP contribution in [0.2, 0.25) is 0 Å². The van der Waals surface area contributed by atoms with Gasteiger partial charge in [0.1, 0.15) is 0 Å². The molecule has 1 aliphatic rings. The van der Waals surface area contributed by atoms with E-state index in [2.05, 4.69) is 10.5 Å². The second-order valence-electron chi connectivity index (χ2n) is 2.80. The molecule has 0 aromatic heterocycles. The lowest BCUT2D eigenvalue weighted by atomic mass is 10.1. The molecule has 0 fully saturated rings. The third-order valence-electron chi connectivity index (χ3n) is 1.71. The third-order valence-corrected chi connectivity index (χ3v) is 1.71. The van der Waals surface area contributed by atoms with E-state index in [1.807, 2.05) is 0 Å². The van der Waals surface area contributed by atoms with Crippen LogP contribution in [0, 0.1) is 5.92 Å². The van der Waals surface area contributed by atoms with Crippen LogP contribution >= 0.6 is 0 Å². The van der Waals surface area contributed by atoms with Crippen molar-refractivity contribution in [2.45, 2.75) is 20.1 Å². The zero-order valence-corrected chi connectivity index (χ0v) is 7.27. The van der Waals surface area contributed by atoms with Crippen molar-refractivity contribution in [2.24, 2.45) is 11.1 Å². The van der Waals surface area contributed by atoms with Crippen molar-refractivity contribution in [1.29, 1.82) is 0 Å². The summed E-state index contributed by atoms with van der Waals surface area (Å²) in [6.45, 7) is 2.95. The Hall–Kier alpha value is -1.59. The average molecular weight is 186 g/mol. The monoisotopic (exact) mass is 186 g/mol. The molecule has 2 N–H and O–H groups in total. The number of carbonyl (C=O) groups is 2. The molecule has 13 heavy (non-hydrogen) atoms. The van der Waals surface area contributed by atoms with Gasteiger partial charge in [0, 0.05) is 6.92 Å². The molecule has 0 aliphatic carbocycles. The van der Waals surface area contributed by atoms with Crippen LogP contribution in [0.15, 0.2) is 5.16 Å². The number of oxime groups is 1. The lowest BCUT2D eigenvalue weighted by Crippen LogP contribution is -2.39. The molecular formula is C7H10N2O4. The molecule has 6 heteroatoms. The summed E-state index contributed by atoms with van der Waals surface area (Å²) in [5.41, 5.74) is -0.0706. The van der Waals surface area contributed by atoms with Gasteiger partial charge in [0.15, 0.2) is 5.71 Å². The fourth-order valence-electron chi connectivity index (χ4n) is 1.02. The summed E-state index contributed by atoms with van der Waals surface area (Å²) in [4.78, 5) is 25.9. The smallest absolute Gasteiger partial charge is 0.354 e. The summed E-state index contributed by atoms with van der Waals surface area (Å²) in [6.07, 6.45) is -0.663. The minimum Gasteiger partial charge on any atom is -0.477 e. The molecular weight excluding hydrogens is 176 g/mol. The van der Waals surface area contributed by atoms with Gasteiger partial charge in [-0.1, -0.05) is 12.1 Å². The Labute approximate surface area is 74.6 Å². The Morgan fingerprint density at radius 1 is 1.62 bits per heavy atom. The van der Waals surface area contributed by atoms with E-state index in [1.165, 1.54) is 6.92 Å². The van der Waals surface area contributed by atoms with E-state index in [4.69, 9.17) is 9.94 Å². The van der Waals surface area contributed by atoms with Crippen molar-refractivity contribution < 1.29 is 19.5 Å². The largest absolute Gasteiger partial charge is 0.477 e. The molecule has 1 rings (SSSR count). The second kappa shape index (κ2) is 3.42. The summed E-state index contributed by atoms with van der Waals surface area (Å²) in [6, 6.07) is 0. The van der Waals surface area contributed by atoms with Gasteiger partial charge in [-0.05, 0) is 0 Å². The Balaban J connectivity index is 2.61. The van der Waals surface area contributed by atoms with Crippen LogP contribution in [-0.2, 0) is 14.4 Å². The Morgan fingerprint density at radius 3 is 2.62 bits per heavy atom. The fourth-order valence-corrected chi connectivity index (χ4v) is 1.02. The molecule has 0 aromatic rings. The molecule has 0 saturated heterocycles. The van der Waals surface area contributed by atoms with E-state index in [0.29, 0.717) is 0 Å². The van der Waals surface area contributed by atoms with Crippen molar-refractivity contribution in [3.8, 4) is 0 Å². The van der Waals surface area contributed by atoms with Crippen LogP contribution in [0.1, 0.15) is 13.8 Å². The molecule has 0 saturated carbocycles. The first kappa shape index (κ1) is 9.50. The molecule has 0 radical (unpaired) electrons. The first-order valence-electron chi connectivity index (χ1n) is 3.76. The summed E-state index contributed by atoms with van der Waals surface area (Å²) >= 11 is 0. The molecule has 6 nitrogen and oxygen atoms in total. The molecule has 1 amide bonds. The van der Waals surface area contributed by atoms with Crippen LogP contribution in [0.3, 0.4) is 0 Å². The summed E-state index contributed by atoms with van der Waals surface area (Å²) in [5.74, 6) is -1.83. The predicted octanol–water partition coefficient (Wildman–Crippen LogP) is -0.445. The van der Waals surface area contributed by atoms with Crippen LogP contribution < -0.4 is 5.32 Å². The van der Waals surface area contributed by atoms with E-state index in [9.17, 15) is 9.59 Å². The number of nitrogens with zero attached hydrogens (tertiary/aromatic N) is 1. The van der Waals surface area contributed by atoms with Gasteiger partial charge in [-0.25, -0.2) is 4.79 Å². The first-order valence-corrected chi connectivity index (χ1v) is 3.76. The third kappa shape index (κ3) is 1.95. The van der Waals surface area contributed by atoms with Crippen molar-refractivity contribution in [3.63, 3.8) is 0 Å². The zero-order chi connectivity index (χ0) is 10.0. The van der Waals surface area contributed by atoms with Gasteiger partial charge in [0.25, 0.3) is 0 Å². The molecule has 2 unspecified atom stereocenters. The highest BCUT2D eigenvalue weighted by Gasteiger charge is 2.34. The van der Waals surface area contributed by atoms with Crippen LogP contribution in [-0.4, -0.2) is 28.9 Å². The Bertz CT molecular complexity index is 274. The van der Waals surface area contributed by atoms with Crippen molar-refractivity contribution in [1.82, 2.24) is 5.32 Å². The average Bonchev–Trinajstić information content (AvgIpc) is 2.32. The van der Waals surface area contributed by atoms with Crippen molar-refractivity contribution in [3.05, 3.63) is 0 Å². The molecule has 0 aromatic carbocycles. The van der Waals surface area contributed by atoms with Gasteiger partial charge in [0.2, 0.25) is 12.1 Å². The van der Waals surface area contributed by atoms with Gasteiger partial charge >= 0.3 is 5.97 Å². The minimum absolute atomic E-state index is 0.0706. The van der Waals surface area contributed by atoms with Crippen LogP contribution in [0.25, 0.3) is 0 Å². The minimum atomic E-state index is -1.12. The normalized spacial score (nSPS) is 26.2. The fraction of sp³-hybridized carbons (Fsp3) is 0.571. The first-order chi connectivity index (χ1) is 6.02. The number of hydrogen-bond acceptors (Lipinski definition) is 4.